The minimum absolute atomic E-state index is 0.427. The molecule has 1 aromatic carbocycles. The molecule has 0 radical (unpaired) electrons. The summed E-state index contributed by atoms with van der Waals surface area (Å²) in [6.07, 6.45) is 1.63. The molecule has 0 aliphatic carbocycles. The van der Waals surface area contributed by atoms with Gasteiger partial charge < -0.3 is 0 Å². The van der Waals surface area contributed by atoms with Gasteiger partial charge in [0.15, 0.2) is 0 Å². The predicted molar refractivity (Wildman–Crippen MR) is 60.8 cm³/mol. The second-order valence-corrected chi connectivity index (χ2v) is 3.74. The maximum absolute atomic E-state index is 10.3. The molecular formula is C10H10INO. The minimum atomic E-state index is -0.427. The third kappa shape index (κ3) is 2.39. The Morgan fingerprint density at radius 2 is 2.08 bits per heavy atom. The molecule has 1 unspecified atom stereocenters. The number of benzene rings is 1. The molecule has 0 bridgehead atoms. The van der Waals surface area contributed by atoms with Crippen LogP contribution in [-0.2, 0) is 10.3 Å². The van der Waals surface area contributed by atoms with E-state index < -0.39 is 5.54 Å². The number of carbonyl (C=O) groups excluding carboxylic acids is 1. The van der Waals surface area contributed by atoms with Gasteiger partial charge in [-0.3, -0.25) is 0 Å². The van der Waals surface area contributed by atoms with Gasteiger partial charge in [0, 0.05) is 4.43 Å². The first-order valence-corrected chi connectivity index (χ1v) is 5.46. The Morgan fingerprint density at radius 1 is 1.46 bits per heavy atom. The summed E-state index contributed by atoms with van der Waals surface area (Å²) >= 11 is 2.22. The summed E-state index contributed by atoms with van der Waals surface area (Å²) in [6, 6.07) is 9.78. The molecule has 0 amide bonds. The summed E-state index contributed by atoms with van der Waals surface area (Å²) in [5, 5.41) is 0. The van der Waals surface area contributed by atoms with Crippen LogP contribution in [0.1, 0.15) is 12.5 Å². The first kappa shape index (κ1) is 10.4. The van der Waals surface area contributed by atoms with Crippen molar-refractivity contribution in [3.05, 3.63) is 35.9 Å². The molecule has 13 heavy (non-hydrogen) atoms. The summed E-state index contributed by atoms with van der Waals surface area (Å²) in [7, 11) is 0. The number of alkyl halides is 1. The van der Waals surface area contributed by atoms with Crippen molar-refractivity contribution in [1.29, 1.82) is 0 Å². The van der Waals surface area contributed by atoms with E-state index in [2.05, 4.69) is 27.6 Å². The maximum atomic E-state index is 10.3. The lowest BCUT2D eigenvalue weighted by atomic mass is 9.95. The Bertz CT molecular complexity index is 319. The van der Waals surface area contributed by atoms with E-state index in [0.717, 1.165) is 9.99 Å². The van der Waals surface area contributed by atoms with Gasteiger partial charge in [0.25, 0.3) is 0 Å². The highest BCUT2D eigenvalue weighted by atomic mass is 127. The zero-order valence-electron chi connectivity index (χ0n) is 7.33. The van der Waals surface area contributed by atoms with Gasteiger partial charge in [0.1, 0.15) is 5.54 Å². The second kappa shape index (κ2) is 4.53. The van der Waals surface area contributed by atoms with Gasteiger partial charge in [0.05, 0.1) is 0 Å². The molecule has 3 heteroatoms. The molecule has 1 aromatic rings. The molecule has 0 aromatic heterocycles. The van der Waals surface area contributed by atoms with Crippen molar-refractivity contribution in [3.8, 4) is 0 Å². The molecule has 0 aliphatic heterocycles. The van der Waals surface area contributed by atoms with E-state index >= 15 is 0 Å². The summed E-state index contributed by atoms with van der Waals surface area (Å²) in [5.74, 6) is 0. The Morgan fingerprint density at radius 3 is 2.54 bits per heavy atom. The summed E-state index contributed by atoms with van der Waals surface area (Å²) in [5.41, 5.74) is 0.622. The van der Waals surface area contributed by atoms with Crippen LogP contribution in [0.3, 0.4) is 0 Å². The summed E-state index contributed by atoms with van der Waals surface area (Å²) in [6.45, 7) is 1.93. The van der Waals surface area contributed by atoms with Crippen molar-refractivity contribution >= 4 is 28.7 Å². The fourth-order valence-electron chi connectivity index (χ4n) is 1.07. The number of isocyanates is 1. The van der Waals surface area contributed by atoms with Crippen LogP contribution >= 0.6 is 22.6 Å². The molecule has 0 spiro atoms. The molecule has 0 saturated heterocycles. The van der Waals surface area contributed by atoms with Gasteiger partial charge in [-0.15, -0.1) is 0 Å². The number of halogens is 1. The van der Waals surface area contributed by atoms with E-state index in [-0.39, 0.29) is 0 Å². The molecule has 0 saturated carbocycles. The van der Waals surface area contributed by atoms with Crippen molar-refractivity contribution in [2.75, 3.05) is 4.43 Å². The monoisotopic (exact) mass is 287 g/mol. The highest BCUT2D eigenvalue weighted by molar-refractivity contribution is 14.1. The lowest BCUT2D eigenvalue weighted by Gasteiger charge is -2.20. The van der Waals surface area contributed by atoms with E-state index in [0.29, 0.717) is 0 Å². The van der Waals surface area contributed by atoms with E-state index in [1.165, 1.54) is 0 Å². The van der Waals surface area contributed by atoms with Crippen LogP contribution in [0.25, 0.3) is 0 Å². The van der Waals surface area contributed by atoms with Crippen LogP contribution < -0.4 is 0 Å². The highest BCUT2D eigenvalue weighted by Gasteiger charge is 2.23. The third-order valence-corrected chi connectivity index (χ3v) is 3.43. The smallest absolute Gasteiger partial charge is 0.211 e. The lowest BCUT2D eigenvalue weighted by molar-refractivity contribution is 0.532. The first-order valence-electron chi connectivity index (χ1n) is 3.93. The second-order valence-electron chi connectivity index (χ2n) is 2.98. The number of nitrogens with zero attached hydrogens (tertiary/aromatic N) is 1. The van der Waals surface area contributed by atoms with Gasteiger partial charge in [-0.05, 0) is 12.5 Å². The summed E-state index contributed by atoms with van der Waals surface area (Å²) < 4.78 is 0.768. The van der Waals surface area contributed by atoms with Gasteiger partial charge in [-0.2, -0.15) is 4.99 Å². The molecule has 68 valence electrons. The normalized spacial score (nSPS) is 14.3. The fourth-order valence-corrected chi connectivity index (χ4v) is 1.68. The topological polar surface area (TPSA) is 29.4 Å². The van der Waals surface area contributed by atoms with Crippen LogP contribution in [0, 0.1) is 0 Å². The van der Waals surface area contributed by atoms with E-state index in [1.54, 1.807) is 6.08 Å². The molecule has 0 aliphatic rings. The average Bonchev–Trinajstić information content (AvgIpc) is 2.19. The Hall–Kier alpha value is -0.670. The molecule has 0 N–H and O–H groups in total. The van der Waals surface area contributed by atoms with Gasteiger partial charge in [-0.25, -0.2) is 4.79 Å². The molecule has 2 nitrogen and oxygen atoms in total. The zero-order valence-corrected chi connectivity index (χ0v) is 9.48. The number of hydrogen-bond donors (Lipinski definition) is 0. The van der Waals surface area contributed by atoms with Crippen molar-refractivity contribution in [1.82, 2.24) is 0 Å². The molecule has 0 heterocycles. The largest absolute Gasteiger partial charge is 0.235 e. The van der Waals surface area contributed by atoms with Gasteiger partial charge in [-0.1, -0.05) is 52.9 Å². The molecular weight excluding hydrogens is 277 g/mol. The van der Waals surface area contributed by atoms with Crippen LogP contribution in [0.5, 0.6) is 0 Å². The van der Waals surface area contributed by atoms with Crippen LogP contribution in [-0.4, -0.2) is 10.5 Å². The van der Waals surface area contributed by atoms with E-state index in [9.17, 15) is 4.79 Å². The maximum Gasteiger partial charge on any atom is 0.235 e. The first-order chi connectivity index (χ1) is 6.23. The standard InChI is InChI=1S/C10H10INO/c1-10(7-11,12-8-13)9-5-3-2-4-6-9/h2-6H,7H2,1H3. The number of aliphatic imine (C=N–C) groups is 1. The lowest BCUT2D eigenvalue weighted by Crippen LogP contribution is -2.20. The predicted octanol–water partition coefficient (Wildman–Crippen LogP) is 2.67. The van der Waals surface area contributed by atoms with Gasteiger partial charge in [0.2, 0.25) is 6.08 Å². The Kier molecular flexibility index (Phi) is 3.63. The van der Waals surface area contributed by atoms with Crippen molar-refractivity contribution < 1.29 is 4.79 Å². The van der Waals surface area contributed by atoms with Crippen molar-refractivity contribution in [2.24, 2.45) is 4.99 Å². The zero-order chi connectivity index (χ0) is 9.73. The molecule has 1 rings (SSSR count). The molecule has 1 atom stereocenters. The van der Waals surface area contributed by atoms with Crippen molar-refractivity contribution in [2.45, 2.75) is 12.5 Å². The quantitative estimate of drug-likeness (QED) is 0.364. The van der Waals surface area contributed by atoms with Crippen LogP contribution in [0.15, 0.2) is 35.3 Å². The van der Waals surface area contributed by atoms with Crippen LogP contribution in [0.2, 0.25) is 0 Å². The SMILES string of the molecule is CC(CI)(N=C=O)c1ccccc1. The molecule has 0 fully saturated rings. The number of hydrogen-bond acceptors (Lipinski definition) is 2. The number of rotatable bonds is 3. The van der Waals surface area contributed by atoms with E-state index in [1.807, 2.05) is 37.3 Å². The van der Waals surface area contributed by atoms with E-state index in [4.69, 9.17) is 0 Å². The highest BCUT2D eigenvalue weighted by Crippen LogP contribution is 2.26. The third-order valence-electron chi connectivity index (χ3n) is 1.95. The minimum Gasteiger partial charge on any atom is -0.211 e. The summed E-state index contributed by atoms with van der Waals surface area (Å²) in [4.78, 5) is 14.1. The van der Waals surface area contributed by atoms with Crippen LogP contribution in [0.4, 0.5) is 0 Å². The average molecular weight is 287 g/mol. The Balaban J connectivity index is 3.10. The van der Waals surface area contributed by atoms with Crippen molar-refractivity contribution in [3.63, 3.8) is 0 Å². The van der Waals surface area contributed by atoms with Gasteiger partial charge >= 0.3 is 0 Å². The fraction of sp³-hybridized carbons (Fsp3) is 0.300. The Labute approximate surface area is 91.2 Å².